The number of nitrogens with one attached hydrogen (secondary N) is 1. The molecule has 4 N–H and O–H groups in total. The molecule has 0 aliphatic heterocycles. The molecule has 3 atom stereocenters. The van der Waals surface area contributed by atoms with Gasteiger partial charge in [-0.15, -0.1) is 0 Å². The van der Waals surface area contributed by atoms with Crippen LogP contribution in [0.25, 0.3) is 0 Å². The number of amides is 1. The Balaban J connectivity index is 3.49. The van der Waals surface area contributed by atoms with Crippen LogP contribution in [0.5, 0.6) is 0 Å². The van der Waals surface area contributed by atoms with E-state index in [0.717, 1.165) is 32.1 Å². The molecular formula is C50H99NO4. The van der Waals surface area contributed by atoms with Gasteiger partial charge < -0.3 is 20.6 Å². The van der Waals surface area contributed by atoms with E-state index in [9.17, 15) is 20.1 Å². The zero-order valence-corrected chi connectivity index (χ0v) is 37.3. The molecule has 0 bridgehead atoms. The van der Waals surface area contributed by atoms with Crippen LogP contribution in [0.15, 0.2) is 12.2 Å². The van der Waals surface area contributed by atoms with E-state index >= 15 is 0 Å². The summed E-state index contributed by atoms with van der Waals surface area (Å²) in [4.78, 5) is 12.5. The molecule has 0 aromatic carbocycles. The second-order valence-corrected chi connectivity index (χ2v) is 17.4. The van der Waals surface area contributed by atoms with Crippen molar-refractivity contribution >= 4 is 5.91 Å². The third kappa shape index (κ3) is 41.1. The molecule has 1 amide bonds. The van der Waals surface area contributed by atoms with Gasteiger partial charge in [-0.3, -0.25) is 4.79 Å². The number of rotatable bonds is 46. The Kier molecular flexibility index (Phi) is 45.0. The highest BCUT2D eigenvalue weighted by Gasteiger charge is 2.22. The zero-order valence-electron chi connectivity index (χ0n) is 37.3. The predicted molar refractivity (Wildman–Crippen MR) is 241 cm³/mol. The van der Waals surface area contributed by atoms with Gasteiger partial charge in [0.25, 0.3) is 0 Å². The van der Waals surface area contributed by atoms with Crippen LogP contribution in [0.4, 0.5) is 0 Å². The molecule has 0 spiro atoms. The van der Waals surface area contributed by atoms with Crippen molar-refractivity contribution in [3.63, 3.8) is 0 Å². The molecule has 0 radical (unpaired) electrons. The van der Waals surface area contributed by atoms with Gasteiger partial charge in [0.05, 0.1) is 18.8 Å². The molecule has 5 heteroatoms. The first-order valence-electron chi connectivity index (χ1n) is 25.0. The molecule has 0 aliphatic carbocycles. The van der Waals surface area contributed by atoms with Crippen molar-refractivity contribution in [3.05, 3.63) is 12.2 Å². The SMILES string of the molecule is CCCCCCCCCCCC/C=C/C(O)C(CO)NC(=O)C(O)CCCCCCCCCCCCCCCCCCCCCCCCCCCCCCC. The summed E-state index contributed by atoms with van der Waals surface area (Å²) >= 11 is 0. The van der Waals surface area contributed by atoms with Crippen molar-refractivity contribution in [1.82, 2.24) is 5.32 Å². The molecular weight excluding hydrogens is 679 g/mol. The Bertz CT molecular complexity index is 773. The summed E-state index contributed by atoms with van der Waals surface area (Å²) in [6.45, 7) is 4.19. The average molecular weight is 778 g/mol. The second kappa shape index (κ2) is 45.8. The highest BCUT2D eigenvalue weighted by molar-refractivity contribution is 5.80. The highest BCUT2D eigenvalue weighted by Crippen LogP contribution is 2.17. The van der Waals surface area contributed by atoms with E-state index in [1.165, 1.54) is 225 Å². The van der Waals surface area contributed by atoms with Crippen LogP contribution in [0.1, 0.15) is 277 Å². The van der Waals surface area contributed by atoms with Crippen molar-refractivity contribution < 1.29 is 20.1 Å². The largest absolute Gasteiger partial charge is 0.394 e. The van der Waals surface area contributed by atoms with Gasteiger partial charge in [0.2, 0.25) is 5.91 Å². The minimum Gasteiger partial charge on any atom is -0.394 e. The Morgan fingerprint density at radius 3 is 1.00 bits per heavy atom. The number of aliphatic hydroxyl groups is 3. The van der Waals surface area contributed by atoms with Gasteiger partial charge in [0.1, 0.15) is 6.10 Å². The second-order valence-electron chi connectivity index (χ2n) is 17.4. The fourth-order valence-corrected chi connectivity index (χ4v) is 7.95. The summed E-state index contributed by atoms with van der Waals surface area (Å²) in [5.41, 5.74) is 0. The van der Waals surface area contributed by atoms with Crippen molar-refractivity contribution in [2.75, 3.05) is 6.61 Å². The molecule has 0 aromatic heterocycles. The Labute approximate surface area is 344 Å². The van der Waals surface area contributed by atoms with Crippen LogP contribution in [-0.2, 0) is 4.79 Å². The van der Waals surface area contributed by atoms with Gasteiger partial charge in [-0.05, 0) is 19.3 Å². The summed E-state index contributed by atoms with van der Waals surface area (Å²) in [5, 5.41) is 33.1. The first kappa shape index (κ1) is 54.1. The molecule has 0 heterocycles. The topological polar surface area (TPSA) is 89.8 Å². The van der Waals surface area contributed by atoms with Crippen molar-refractivity contribution in [1.29, 1.82) is 0 Å². The van der Waals surface area contributed by atoms with E-state index in [2.05, 4.69) is 19.2 Å². The molecule has 0 fully saturated rings. The van der Waals surface area contributed by atoms with Gasteiger partial charge in [-0.1, -0.05) is 270 Å². The summed E-state index contributed by atoms with van der Waals surface area (Å²) in [6, 6.07) is -0.792. The summed E-state index contributed by atoms with van der Waals surface area (Å²) in [5.74, 6) is -0.499. The molecule has 3 unspecified atom stereocenters. The van der Waals surface area contributed by atoms with Crippen LogP contribution < -0.4 is 5.32 Å². The normalized spacial score (nSPS) is 13.5. The van der Waals surface area contributed by atoms with Crippen molar-refractivity contribution in [2.24, 2.45) is 0 Å². The molecule has 0 saturated heterocycles. The standard InChI is InChI=1S/C50H99NO4/c1-3-5-7-9-11-13-15-17-18-19-20-21-22-23-24-25-26-27-28-29-30-31-32-33-35-37-39-41-43-45-49(54)50(55)51-47(46-52)48(53)44-42-40-38-36-34-16-14-12-10-8-6-4-2/h42,44,47-49,52-54H,3-41,43,45-46H2,1-2H3,(H,51,55)/b44-42+. The van der Waals surface area contributed by atoms with Crippen LogP contribution in [0, 0.1) is 0 Å². The van der Waals surface area contributed by atoms with Crippen LogP contribution in [-0.4, -0.2) is 46.1 Å². The summed E-state index contributed by atoms with van der Waals surface area (Å²) in [7, 11) is 0. The zero-order chi connectivity index (χ0) is 40.1. The third-order valence-electron chi connectivity index (χ3n) is 11.9. The molecule has 5 nitrogen and oxygen atoms in total. The Morgan fingerprint density at radius 1 is 0.436 bits per heavy atom. The van der Waals surface area contributed by atoms with Gasteiger partial charge in [-0.25, -0.2) is 0 Å². The van der Waals surface area contributed by atoms with E-state index in [1.54, 1.807) is 6.08 Å². The lowest BCUT2D eigenvalue weighted by Crippen LogP contribution is -2.48. The van der Waals surface area contributed by atoms with Gasteiger partial charge in [0, 0.05) is 0 Å². The lowest BCUT2D eigenvalue weighted by molar-refractivity contribution is -0.131. The highest BCUT2D eigenvalue weighted by atomic mass is 16.3. The monoisotopic (exact) mass is 778 g/mol. The number of hydrogen-bond donors (Lipinski definition) is 4. The predicted octanol–water partition coefficient (Wildman–Crippen LogP) is 14.8. The molecule has 0 aliphatic rings. The number of unbranched alkanes of at least 4 members (excludes halogenated alkanes) is 38. The fourth-order valence-electron chi connectivity index (χ4n) is 7.95. The van der Waals surface area contributed by atoms with Crippen LogP contribution in [0.2, 0.25) is 0 Å². The summed E-state index contributed by atoms with van der Waals surface area (Å²) < 4.78 is 0. The Morgan fingerprint density at radius 2 is 0.709 bits per heavy atom. The molecule has 0 rings (SSSR count). The molecule has 0 saturated carbocycles. The number of hydrogen-bond acceptors (Lipinski definition) is 4. The van der Waals surface area contributed by atoms with E-state index in [1.807, 2.05) is 6.08 Å². The molecule has 0 aromatic rings. The average Bonchev–Trinajstić information content (AvgIpc) is 3.19. The van der Waals surface area contributed by atoms with E-state index in [-0.39, 0.29) is 6.61 Å². The minimum absolute atomic E-state index is 0.359. The van der Waals surface area contributed by atoms with E-state index in [0.29, 0.717) is 6.42 Å². The maximum absolute atomic E-state index is 12.5. The van der Waals surface area contributed by atoms with Crippen molar-refractivity contribution in [2.45, 2.75) is 295 Å². The summed E-state index contributed by atoms with van der Waals surface area (Å²) in [6.07, 6.45) is 55.6. The maximum atomic E-state index is 12.5. The lowest BCUT2D eigenvalue weighted by atomic mass is 10.0. The maximum Gasteiger partial charge on any atom is 0.249 e. The number of aliphatic hydroxyl groups excluding tert-OH is 3. The molecule has 55 heavy (non-hydrogen) atoms. The first-order valence-corrected chi connectivity index (χ1v) is 25.0. The Hall–Kier alpha value is -0.910. The van der Waals surface area contributed by atoms with E-state index < -0.39 is 24.2 Å². The number of carbonyl (C=O) groups excluding carboxylic acids is 1. The van der Waals surface area contributed by atoms with Gasteiger partial charge in [-0.2, -0.15) is 0 Å². The van der Waals surface area contributed by atoms with Crippen molar-refractivity contribution in [3.8, 4) is 0 Å². The third-order valence-corrected chi connectivity index (χ3v) is 11.9. The van der Waals surface area contributed by atoms with Gasteiger partial charge >= 0.3 is 0 Å². The van der Waals surface area contributed by atoms with Crippen LogP contribution in [0.3, 0.4) is 0 Å². The quantitative estimate of drug-likeness (QED) is 0.0366. The van der Waals surface area contributed by atoms with Crippen LogP contribution >= 0.6 is 0 Å². The lowest BCUT2D eigenvalue weighted by Gasteiger charge is -2.21. The molecule has 328 valence electrons. The number of carbonyl (C=O) groups is 1. The van der Waals surface area contributed by atoms with E-state index in [4.69, 9.17) is 0 Å². The fraction of sp³-hybridized carbons (Fsp3) is 0.940. The van der Waals surface area contributed by atoms with Gasteiger partial charge in [0.15, 0.2) is 0 Å². The smallest absolute Gasteiger partial charge is 0.249 e. The number of allylic oxidation sites excluding steroid dienone is 1. The minimum atomic E-state index is -1.09. The first-order chi connectivity index (χ1) is 27.1.